The summed E-state index contributed by atoms with van der Waals surface area (Å²) in [5, 5.41) is 12.4. The first-order chi connectivity index (χ1) is 14.0. The van der Waals surface area contributed by atoms with E-state index in [-0.39, 0.29) is 28.3 Å². The van der Waals surface area contributed by atoms with E-state index in [9.17, 15) is 14.9 Å². The molecule has 11 heteroatoms. The molecule has 1 fully saturated rings. The highest BCUT2D eigenvalue weighted by atomic mass is 32.1. The van der Waals surface area contributed by atoms with Gasteiger partial charge in [0.2, 0.25) is 17.5 Å². The quantitative estimate of drug-likeness (QED) is 0.647. The van der Waals surface area contributed by atoms with Crippen molar-refractivity contribution in [2.24, 2.45) is 11.7 Å². The summed E-state index contributed by atoms with van der Waals surface area (Å²) in [7, 11) is 0. The second-order valence-corrected chi connectivity index (χ2v) is 7.44. The Morgan fingerprint density at radius 2 is 2.17 bits per heavy atom. The average Bonchev–Trinajstić information content (AvgIpc) is 3.47. The van der Waals surface area contributed by atoms with Gasteiger partial charge in [0.25, 0.3) is 11.8 Å². The SMILES string of the molecule is N#Cc1nc(-c2ccco2)oc1N1CCC(C(=O)Nc2ncc(C(N)=O)s2)CC1. The van der Waals surface area contributed by atoms with Crippen LogP contribution in [0.15, 0.2) is 33.4 Å². The predicted octanol–water partition coefficient (Wildman–Crippen LogP) is 2.22. The van der Waals surface area contributed by atoms with Crippen molar-refractivity contribution >= 4 is 34.2 Å². The Kier molecular flexibility index (Phi) is 5.01. The zero-order valence-corrected chi connectivity index (χ0v) is 15.9. The highest BCUT2D eigenvalue weighted by Gasteiger charge is 2.29. The second kappa shape index (κ2) is 7.76. The molecule has 0 aliphatic carbocycles. The summed E-state index contributed by atoms with van der Waals surface area (Å²) in [6.45, 7) is 1.06. The van der Waals surface area contributed by atoms with Crippen molar-refractivity contribution in [1.82, 2.24) is 9.97 Å². The number of carbonyl (C=O) groups excluding carboxylic acids is 2. The van der Waals surface area contributed by atoms with E-state index in [1.54, 1.807) is 12.1 Å². The first kappa shape index (κ1) is 18.7. The zero-order chi connectivity index (χ0) is 20.4. The molecule has 0 saturated carbocycles. The number of oxazole rings is 1. The molecule has 1 aliphatic rings. The predicted molar refractivity (Wildman–Crippen MR) is 103 cm³/mol. The molecule has 148 valence electrons. The Hall–Kier alpha value is -3.65. The number of primary amides is 1. The third-order valence-corrected chi connectivity index (χ3v) is 5.51. The fourth-order valence-corrected chi connectivity index (χ4v) is 3.77. The van der Waals surface area contributed by atoms with Gasteiger partial charge in [-0.05, 0) is 25.0 Å². The molecule has 0 bridgehead atoms. The molecule has 4 rings (SSSR count). The van der Waals surface area contributed by atoms with Crippen LogP contribution in [0.25, 0.3) is 11.7 Å². The molecule has 29 heavy (non-hydrogen) atoms. The van der Waals surface area contributed by atoms with Crippen molar-refractivity contribution in [3.8, 4) is 17.7 Å². The third kappa shape index (κ3) is 3.83. The summed E-state index contributed by atoms with van der Waals surface area (Å²) in [4.78, 5) is 34.0. The molecule has 10 nitrogen and oxygen atoms in total. The van der Waals surface area contributed by atoms with Gasteiger partial charge in [0.1, 0.15) is 10.9 Å². The molecule has 0 unspecified atom stereocenters. The summed E-state index contributed by atoms with van der Waals surface area (Å²) >= 11 is 1.04. The molecule has 1 aliphatic heterocycles. The maximum Gasteiger partial charge on any atom is 0.266 e. The molecule has 0 atom stereocenters. The van der Waals surface area contributed by atoms with Crippen LogP contribution in [0.5, 0.6) is 0 Å². The Balaban J connectivity index is 1.39. The van der Waals surface area contributed by atoms with Crippen LogP contribution in [0.3, 0.4) is 0 Å². The number of nitrogens with one attached hydrogen (secondary N) is 1. The van der Waals surface area contributed by atoms with Crippen molar-refractivity contribution in [3.05, 3.63) is 35.2 Å². The van der Waals surface area contributed by atoms with Crippen LogP contribution in [0.4, 0.5) is 11.0 Å². The third-order valence-electron chi connectivity index (χ3n) is 4.58. The largest absolute Gasteiger partial charge is 0.459 e. The number of nitrogens with zero attached hydrogens (tertiary/aromatic N) is 4. The Labute approximate surface area is 168 Å². The van der Waals surface area contributed by atoms with Crippen molar-refractivity contribution in [2.75, 3.05) is 23.3 Å². The van der Waals surface area contributed by atoms with Crippen LogP contribution in [0, 0.1) is 17.2 Å². The smallest absolute Gasteiger partial charge is 0.266 e. The highest BCUT2D eigenvalue weighted by Crippen LogP contribution is 2.31. The lowest BCUT2D eigenvalue weighted by Gasteiger charge is -2.30. The van der Waals surface area contributed by atoms with E-state index in [4.69, 9.17) is 14.6 Å². The Morgan fingerprint density at radius 3 is 2.79 bits per heavy atom. The number of hydrogen-bond donors (Lipinski definition) is 2. The number of furan rings is 1. The molecule has 1 saturated heterocycles. The van der Waals surface area contributed by atoms with Gasteiger partial charge in [0, 0.05) is 19.0 Å². The maximum atomic E-state index is 12.5. The lowest BCUT2D eigenvalue weighted by Crippen LogP contribution is -2.38. The number of piperidine rings is 1. The summed E-state index contributed by atoms with van der Waals surface area (Å²) in [6.07, 6.45) is 3.99. The van der Waals surface area contributed by atoms with Gasteiger partial charge in [-0.15, -0.1) is 0 Å². The van der Waals surface area contributed by atoms with Gasteiger partial charge in [0.15, 0.2) is 10.9 Å². The molecule has 0 spiro atoms. The van der Waals surface area contributed by atoms with Gasteiger partial charge in [-0.3, -0.25) is 9.59 Å². The number of rotatable bonds is 5. The first-order valence-electron chi connectivity index (χ1n) is 8.81. The maximum absolute atomic E-state index is 12.5. The van der Waals surface area contributed by atoms with Gasteiger partial charge in [-0.25, -0.2) is 4.98 Å². The lowest BCUT2D eigenvalue weighted by molar-refractivity contribution is -0.120. The van der Waals surface area contributed by atoms with Gasteiger partial charge in [-0.2, -0.15) is 10.2 Å². The molecule has 2 amide bonds. The Bertz CT molecular complexity index is 1070. The molecular weight excluding hydrogens is 396 g/mol. The molecule has 0 aromatic carbocycles. The van der Waals surface area contributed by atoms with E-state index in [1.807, 2.05) is 11.0 Å². The fourth-order valence-electron chi connectivity index (χ4n) is 3.10. The van der Waals surface area contributed by atoms with Crippen molar-refractivity contribution in [3.63, 3.8) is 0 Å². The molecule has 3 aromatic rings. The van der Waals surface area contributed by atoms with Crippen LogP contribution in [0.2, 0.25) is 0 Å². The summed E-state index contributed by atoms with van der Waals surface area (Å²) in [5.74, 6) is 0.111. The molecule has 0 radical (unpaired) electrons. The van der Waals surface area contributed by atoms with Gasteiger partial charge < -0.3 is 24.8 Å². The number of aromatic nitrogens is 2. The minimum absolute atomic E-state index is 0.163. The number of thiazole rings is 1. The number of hydrogen-bond acceptors (Lipinski definition) is 9. The summed E-state index contributed by atoms with van der Waals surface area (Å²) in [5.41, 5.74) is 5.38. The molecule has 4 heterocycles. The van der Waals surface area contributed by atoms with E-state index in [1.165, 1.54) is 12.5 Å². The fraction of sp³-hybridized carbons (Fsp3) is 0.278. The number of anilines is 2. The van der Waals surface area contributed by atoms with Crippen molar-refractivity contribution in [1.29, 1.82) is 5.26 Å². The normalized spacial score (nSPS) is 14.5. The van der Waals surface area contributed by atoms with E-state index in [2.05, 4.69) is 15.3 Å². The number of amides is 2. The lowest BCUT2D eigenvalue weighted by atomic mass is 9.96. The van der Waals surface area contributed by atoms with Crippen LogP contribution in [-0.2, 0) is 4.79 Å². The van der Waals surface area contributed by atoms with Crippen molar-refractivity contribution < 1.29 is 18.4 Å². The number of nitrogens with two attached hydrogens (primary N) is 1. The van der Waals surface area contributed by atoms with Crippen LogP contribution < -0.4 is 16.0 Å². The van der Waals surface area contributed by atoms with Gasteiger partial charge in [0.05, 0.1) is 12.5 Å². The van der Waals surface area contributed by atoms with Gasteiger partial charge >= 0.3 is 0 Å². The monoisotopic (exact) mass is 412 g/mol. The van der Waals surface area contributed by atoms with E-state index in [0.717, 1.165) is 11.3 Å². The summed E-state index contributed by atoms with van der Waals surface area (Å²) in [6, 6.07) is 5.46. The van der Waals surface area contributed by atoms with Crippen molar-refractivity contribution in [2.45, 2.75) is 12.8 Å². The highest BCUT2D eigenvalue weighted by molar-refractivity contribution is 7.17. The van der Waals surface area contributed by atoms with E-state index >= 15 is 0 Å². The summed E-state index contributed by atoms with van der Waals surface area (Å²) < 4.78 is 11.0. The zero-order valence-electron chi connectivity index (χ0n) is 15.1. The minimum atomic E-state index is -0.578. The van der Waals surface area contributed by atoms with E-state index < -0.39 is 5.91 Å². The standard InChI is InChI=1S/C18H16N6O4S/c19-8-11-17(28-16(22-11)12-2-1-7-27-12)24-5-3-10(4-6-24)15(26)23-18-21-9-13(29-18)14(20)25/h1-2,7,9-10H,3-6H2,(H2,20,25)(H,21,23,26). The average molecular weight is 412 g/mol. The molecular formula is C18H16N6O4S. The second-order valence-electron chi connectivity index (χ2n) is 6.41. The number of nitriles is 1. The van der Waals surface area contributed by atoms with Gasteiger partial charge in [-0.1, -0.05) is 11.3 Å². The molecule has 3 N–H and O–H groups in total. The van der Waals surface area contributed by atoms with Crippen LogP contribution in [0.1, 0.15) is 28.2 Å². The van der Waals surface area contributed by atoms with Crippen LogP contribution >= 0.6 is 11.3 Å². The van der Waals surface area contributed by atoms with Crippen LogP contribution in [-0.4, -0.2) is 34.9 Å². The number of carbonyl (C=O) groups is 2. The van der Waals surface area contributed by atoms with E-state index in [0.29, 0.717) is 42.7 Å². The first-order valence-corrected chi connectivity index (χ1v) is 9.63. The Morgan fingerprint density at radius 1 is 1.38 bits per heavy atom. The molecule has 3 aromatic heterocycles. The minimum Gasteiger partial charge on any atom is -0.459 e. The topological polar surface area (TPSA) is 151 Å².